The van der Waals surface area contributed by atoms with E-state index in [9.17, 15) is 4.39 Å². The van der Waals surface area contributed by atoms with Crippen LogP contribution in [0.25, 0.3) is 16.7 Å². The molecule has 0 aliphatic rings. The summed E-state index contributed by atoms with van der Waals surface area (Å²) in [6.07, 6.45) is 3.15. The fourth-order valence-electron chi connectivity index (χ4n) is 2.72. The Morgan fingerprint density at radius 3 is 2.88 bits per heavy atom. The second-order valence-corrected chi connectivity index (χ2v) is 5.63. The van der Waals surface area contributed by atoms with Crippen molar-refractivity contribution in [3.05, 3.63) is 54.4 Å². The first-order valence-electron chi connectivity index (χ1n) is 7.90. The maximum absolute atomic E-state index is 13.3. The molecule has 7 nitrogen and oxygen atoms in total. The minimum atomic E-state index is -0.288. The Balaban J connectivity index is 1.45. The first-order chi connectivity index (χ1) is 12.2. The zero-order valence-corrected chi connectivity index (χ0v) is 13.6. The van der Waals surface area contributed by atoms with Gasteiger partial charge in [0.25, 0.3) is 5.78 Å². The number of hydrogen-bond donors (Lipinski definition) is 2. The van der Waals surface area contributed by atoms with Crippen LogP contribution in [-0.4, -0.2) is 37.7 Å². The largest absolute Gasteiger partial charge is 0.383 e. The van der Waals surface area contributed by atoms with Crippen LogP contribution in [0.3, 0.4) is 0 Å². The lowest BCUT2D eigenvalue weighted by Crippen LogP contribution is -2.16. The van der Waals surface area contributed by atoms with E-state index < -0.39 is 0 Å². The van der Waals surface area contributed by atoms with Crippen LogP contribution in [0.15, 0.2) is 42.9 Å². The number of aromatic nitrogens is 5. The normalized spacial score (nSPS) is 11.1. The van der Waals surface area contributed by atoms with E-state index in [4.69, 9.17) is 0 Å². The van der Waals surface area contributed by atoms with Gasteiger partial charge in [-0.3, -0.25) is 4.98 Å². The number of aryl methyl sites for hydroxylation is 1. The van der Waals surface area contributed by atoms with Gasteiger partial charge in [0.15, 0.2) is 0 Å². The third-order valence-electron chi connectivity index (χ3n) is 3.83. The van der Waals surface area contributed by atoms with E-state index in [0.717, 1.165) is 22.6 Å². The molecule has 0 unspecified atom stereocenters. The molecule has 0 fully saturated rings. The molecule has 8 heteroatoms. The highest BCUT2D eigenvalue weighted by Gasteiger charge is 2.06. The molecule has 3 heterocycles. The van der Waals surface area contributed by atoms with Gasteiger partial charge in [0, 0.05) is 48.2 Å². The molecule has 1 aromatic carbocycles. The number of fused-ring (bicyclic) bond motifs is 2. The van der Waals surface area contributed by atoms with Crippen molar-refractivity contribution in [2.75, 3.05) is 23.7 Å². The molecule has 4 aromatic rings. The molecule has 0 radical (unpaired) electrons. The number of nitrogens with zero attached hydrogens (tertiary/aromatic N) is 5. The number of benzene rings is 1. The van der Waals surface area contributed by atoms with Crippen LogP contribution in [0, 0.1) is 12.7 Å². The summed E-state index contributed by atoms with van der Waals surface area (Å²) in [5.74, 6) is 1.12. The Kier molecular flexibility index (Phi) is 3.85. The molecule has 0 aliphatic carbocycles. The van der Waals surface area contributed by atoms with E-state index in [1.807, 2.05) is 19.1 Å². The fraction of sp³-hybridized carbons (Fsp3) is 0.176. The molecule has 2 N–H and O–H groups in total. The molecule has 25 heavy (non-hydrogen) atoms. The average Bonchev–Trinajstić information content (AvgIpc) is 3.06. The summed E-state index contributed by atoms with van der Waals surface area (Å²) in [6, 6.07) is 8.41. The summed E-state index contributed by atoms with van der Waals surface area (Å²) >= 11 is 0. The number of pyridine rings is 1. The van der Waals surface area contributed by atoms with Crippen molar-refractivity contribution >= 4 is 28.2 Å². The average molecular weight is 337 g/mol. The third kappa shape index (κ3) is 3.06. The first kappa shape index (κ1) is 15.3. The van der Waals surface area contributed by atoms with E-state index in [-0.39, 0.29) is 5.82 Å². The summed E-state index contributed by atoms with van der Waals surface area (Å²) in [6.45, 7) is 3.26. The molecule has 4 rings (SSSR count). The van der Waals surface area contributed by atoms with E-state index in [0.29, 0.717) is 24.4 Å². The smallest absolute Gasteiger partial charge is 0.254 e. The topological polar surface area (TPSA) is 80.0 Å². The Hall–Kier alpha value is -3.29. The van der Waals surface area contributed by atoms with Gasteiger partial charge in [-0.05, 0) is 25.1 Å². The van der Waals surface area contributed by atoms with Crippen molar-refractivity contribution in [3.63, 3.8) is 0 Å². The number of anilines is 2. The van der Waals surface area contributed by atoms with Crippen LogP contribution >= 0.6 is 0 Å². The molecule has 0 saturated carbocycles. The fourth-order valence-corrected chi connectivity index (χ4v) is 2.72. The predicted molar refractivity (Wildman–Crippen MR) is 94.2 cm³/mol. The molecule has 0 amide bonds. The minimum absolute atomic E-state index is 0.288. The van der Waals surface area contributed by atoms with E-state index in [1.165, 1.54) is 18.5 Å². The molecular formula is C17H16FN7. The van der Waals surface area contributed by atoms with Crippen molar-refractivity contribution in [1.29, 1.82) is 0 Å². The molecule has 0 spiro atoms. The molecule has 0 bridgehead atoms. The van der Waals surface area contributed by atoms with Gasteiger partial charge in [0.05, 0.1) is 5.52 Å². The van der Waals surface area contributed by atoms with Crippen molar-refractivity contribution in [2.45, 2.75) is 6.92 Å². The minimum Gasteiger partial charge on any atom is -0.383 e. The number of nitrogens with one attached hydrogen (secondary N) is 2. The maximum Gasteiger partial charge on any atom is 0.254 e. The predicted octanol–water partition coefficient (Wildman–Crippen LogP) is 2.64. The van der Waals surface area contributed by atoms with Gasteiger partial charge >= 0.3 is 0 Å². The summed E-state index contributed by atoms with van der Waals surface area (Å²) < 4.78 is 15.0. The highest BCUT2D eigenvalue weighted by atomic mass is 19.1. The van der Waals surface area contributed by atoms with Crippen LogP contribution in [0.4, 0.5) is 15.9 Å². The Morgan fingerprint density at radius 2 is 1.96 bits per heavy atom. The SMILES string of the molecule is Cc1cc(NCCNc2ccnc3cc(F)ccc23)n2ncnc2n1. The highest BCUT2D eigenvalue weighted by Crippen LogP contribution is 2.21. The second kappa shape index (κ2) is 6.31. The van der Waals surface area contributed by atoms with Gasteiger partial charge in [-0.2, -0.15) is 14.6 Å². The van der Waals surface area contributed by atoms with E-state index in [2.05, 4.69) is 30.7 Å². The lowest BCUT2D eigenvalue weighted by Gasteiger charge is -2.11. The molecule has 0 saturated heterocycles. The maximum atomic E-state index is 13.3. The number of hydrogen-bond acceptors (Lipinski definition) is 6. The lowest BCUT2D eigenvalue weighted by atomic mass is 10.2. The van der Waals surface area contributed by atoms with Gasteiger partial charge in [0.1, 0.15) is 18.0 Å². The zero-order valence-electron chi connectivity index (χ0n) is 13.6. The molecule has 0 aliphatic heterocycles. The number of rotatable bonds is 5. The standard InChI is InChI=1S/C17H16FN7/c1-11-8-16(25-17(24-11)22-10-23-25)21-7-6-20-14-4-5-19-15-9-12(18)2-3-13(14)15/h2-5,8-10,21H,6-7H2,1H3,(H,19,20). The molecule has 126 valence electrons. The van der Waals surface area contributed by atoms with Gasteiger partial charge in [0.2, 0.25) is 0 Å². The zero-order chi connectivity index (χ0) is 17.2. The van der Waals surface area contributed by atoms with Crippen molar-refractivity contribution in [1.82, 2.24) is 24.6 Å². The molecule has 0 atom stereocenters. The second-order valence-electron chi connectivity index (χ2n) is 5.63. The van der Waals surface area contributed by atoms with E-state index in [1.54, 1.807) is 16.8 Å². The summed E-state index contributed by atoms with van der Waals surface area (Å²) in [4.78, 5) is 12.6. The lowest BCUT2D eigenvalue weighted by molar-refractivity contribution is 0.629. The Morgan fingerprint density at radius 1 is 1.08 bits per heavy atom. The quantitative estimate of drug-likeness (QED) is 0.545. The first-order valence-corrected chi connectivity index (χ1v) is 7.90. The van der Waals surface area contributed by atoms with Gasteiger partial charge in [-0.1, -0.05) is 0 Å². The third-order valence-corrected chi connectivity index (χ3v) is 3.83. The van der Waals surface area contributed by atoms with Crippen molar-refractivity contribution in [3.8, 4) is 0 Å². The summed E-state index contributed by atoms with van der Waals surface area (Å²) in [7, 11) is 0. The van der Waals surface area contributed by atoms with Crippen LogP contribution in [0.1, 0.15) is 5.69 Å². The van der Waals surface area contributed by atoms with Gasteiger partial charge in [-0.15, -0.1) is 0 Å². The summed E-state index contributed by atoms with van der Waals surface area (Å²) in [5.41, 5.74) is 2.42. The molecular weight excluding hydrogens is 321 g/mol. The van der Waals surface area contributed by atoms with Crippen LogP contribution in [0.5, 0.6) is 0 Å². The Bertz CT molecular complexity index is 1040. The van der Waals surface area contributed by atoms with Crippen LogP contribution in [-0.2, 0) is 0 Å². The summed E-state index contributed by atoms with van der Waals surface area (Å²) in [5, 5.41) is 11.7. The Labute approximate surface area is 142 Å². The van der Waals surface area contributed by atoms with Gasteiger partial charge < -0.3 is 10.6 Å². The van der Waals surface area contributed by atoms with Crippen LogP contribution in [0.2, 0.25) is 0 Å². The van der Waals surface area contributed by atoms with E-state index >= 15 is 0 Å². The monoisotopic (exact) mass is 337 g/mol. The van der Waals surface area contributed by atoms with Crippen LogP contribution < -0.4 is 10.6 Å². The van der Waals surface area contributed by atoms with Crippen molar-refractivity contribution < 1.29 is 4.39 Å². The number of halogens is 1. The highest BCUT2D eigenvalue weighted by molar-refractivity contribution is 5.90. The van der Waals surface area contributed by atoms with Gasteiger partial charge in [-0.25, -0.2) is 9.37 Å². The van der Waals surface area contributed by atoms with Crippen molar-refractivity contribution in [2.24, 2.45) is 0 Å². The molecule has 3 aromatic heterocycles.